The van der Waals surface area contributed by atoms with Gasteiger partial charge in [0.1, 0.15) is 17.8 Å². The van der Waals surface area contributed by atoms with Gasteiger partial charge in [-0.25, -0.2) is 0 Å². The van der Waals surface area contributed by atoms with E-state index in [4.69, 9.17) is 4.74 Å². The van der Waals surface area contributed by atoms with Crippen molar-refractivity contribution in [3.63, 3.8) is 0 Å². The third kappa shape index (κ3) is 3.38. The number of nitrogens with zero attached hydrogens (tertiary/aromatic N) is 1. The molecule has 2 saturated heterocycles. The second-order valence-corrected chi connectivity index (χ2v) is 7.02. The number of hydrogen-bond acceptors (Lipinski definition) is 4. The zero-order chi connectivity index (χ0) is 18.8. The Labute approximate surface area is 153 Å². The number of carbonyl (C=O) groups is 3. The lowest BCUT2D eigenvalue weighted by molar-refractivity contribution is -0.148. The molecule has 4 atom stereocenters. The Bertz CT molecular complexity index is 720. The second kappa shape index (κ2) is 7.35. The third-order valence-electron chi connectivity index (χ3n) is 5.33. The number of rotatable bonds is 5. The lowest BCUT2D eigenvalue weighted by Crippen LogP contribution is -2.62. The monoisotopic (exact) mass is 359 g/mol. The number of amides is 3. The van der Waals surface area contributed by atoms with Crippen molar-refractivity contribution in [2.75, 3.05) is 13.7 Å². The summed E-state index contributed by atoms with van der Waals surface area (Å²) in [4.78, 5) is 39.2. The Morgan fingerprint density at radius 3 is 2.88 bits per heavy atom. The summed E-state index contributed by atoms with van der Waals surface area (Å²) in [6.45, 7) is 4.32. The minimum atomic E-state index is -0.501. The molecule has 7 heteroatoms. The third-order valence-corrected chi connectivity index (χ3v) is 5.33. The van der Waals surface area contributed by atoms with Crippen LogP contribution in [-0.2, 0) is 9.59 Å². The molecule has 2 heterocycles. The summed E-state index contributed by atoms with van der Waals surface area (Å²) in [6, 6.07) is 5.66. The maximum atomic E-state index is 12.7. The summed E-state index contributed by atoms with van der Waals surface area (Å²) in [5.74, 6) is 0.264. The van der Waals surface area contributed by atoms with Gasteiger partial charge in [-0.3, -0.25) is 14.4 Å². The molecule has 3 amide bonds. The van der Waals surface area contributed by atoms with Gasteiger partial charge in [-0.15, -0.1) is 0 Å². The van der Waals surface area contributed by atoms with Gasteiger partial charge in [-0.2, -0.15) is 0 Å². The molecule has 0 aromatic heterocycles. The SMILES string of the molecule is CC[C@H](C)[C@@H]1NC(=O)[C@@H]2C[C@H](NC(=O)c3cccc(OC)c3)CN2C1=O. The van der Waals surface area contributed by atoms with Gasteiger partial charge in [0.15, 0.2) is 0 Å². The first-order valence-corrected chi connectivity index (χ1v) is 9.00. The van der Waals surface area contributed by atoms with Crippen LogP contribution >= 0.6 is 0 Å². The average molecular weight is 359 g/mol. The Morgan fingerprint density at radius 2 is 2.19 bits per heavy atom. The summed E-state index contributed by atoms with van der Waals surface area (Å²) >= 11 is 0. The van der Waals surface area contributed by atoms with Crippen LogP contribution in [-0.4, -0.2) is 54.4 Å². The van der Waals surface area contributed by atoms with Crippen molar-refractivity contribution in [1.29, 1.82) is 0 Å². The molecular weight excluding hydrogens is 334 g/mol. The predicted molar refractivity (Wildman–Crippen MR) is 95.8 cm³/mol. The average Bonchev–Trinajstić information content (AvgIpc) is 3.08. The van der Waals surface area contributed by atoms with E-state index in [-0.39, 0.29) is 29.7 Å². The number of nitrogens with one attached hydrogen (secondary N) is 2. The van der Waals surface area contributed by atoms with E-state index in [1.165, 1.54) is 0 Å². The lowest BCUT2D eigenvalue weighted by atomic mass is 9.95. The number of carbonyl (C=O) groups excluding carboxylic acids is 3. The van der Waals surface area contributed by atoms with Gasteiger partial charge in [0.05, 0.1) is 7.11 Å². The first kappa shape index (κ1) is 18.2. The van der Waals surface area contributed by atoms with Crippen molar-refractivity contribution in [1.82, 2.24) is 15.5 Å². The number of benzene rings is 1. The van der Waals surface area contributed by atoms with Crippen LogP contribution in [0, 0.1) is 5.92 Å². The Morgan fingerprint density at radius 1 is 1.42 bits per heavy atom. The topological polar surface area (TPSA) is 87.7 Å². The molecule has 2 aliphatic heterocycles. The molecule has 0 saturated carbocycles. The Hall–Kier alpha value is -2.57. The van der Waals surface area contributed by atoms with Crippen molar-refractivity contribution in [2.24, 2.45) is 5.92 Å². The molecule has 0 radical (unpaired) electrons. The first-order chi connectivity index (χ1) is 12.4. The molecule has 2 fully saturated rings. The van der Waals surface area contributed by atoms with Crippen LogP contribution in [0.25, 0.3) is 0 Å². The fraction of sp³-hybridized carbons (Fsp3) is 0.526. The van der Waals surface area contributed by atoms with Crippen LogP contribution in [0.4, 0.5) is 0 Å². The van der Waals surface area contributed by atoms with Gasteiger partial charge < -0.3 is 20.3 Å². The van der Waals surface area contributed by atoms with Crippen molar-refractivity contribution in [2.45, 2.75) is 44.8 Å². The highest BCUT2D eigenvalue weighted by atomic mass is 16.5. The zero-order valence-electron chi connectivity index (χ0n) is 15.3. The summed E-state index contributed by atoms with van der Waals surface area (Å²) < 4.78 is 5.14. The van der Waals surface area contributed by atoms with Crippen LogP contribution in [0.3, 0.4) is 0 Å². The summed E-state index contributed by atoms with van der Waals surface area (Å²) in [6.07, 6.45) is 1.24. The molecule has 2 aliphatic rings. The molecule has 140 valence electrons. The van der Waals surface area contributed by atoms with E-state index < -0.39 is 12.1 Å². The minimum Gasteiger partial charge on any atom is -0.497 e. The lowest BCUT2D eigenvalue weighted by Gasteiger charge is -2.36. The van der Waals surface area contributed by atoms with Gasteiger partial charge in [0, 0.05) is 18.2 Å². The van der Waals surface area contributed by atoms with E-state index >= 15 is 0 Å². The van der Waals surface area contributed by atoms with Gasteiger partial charge >= 0.3 is 0 Å². The van der Waals surface area contributed by atoms with Crippen LogP contribution in [0.15, 0.2) is 24.3 Å². The van der Waals surface area contributed by atoms with E-state index in [1.807, 2.05) is 13.8 Å². The molecule has 0 bridgehead atoms. The fourth-order valence-corrected chi connectivity index (χ4v) is 3.58. The first-order valence-electron chi connectivity index (χ1n) is 9.00. The van der Waals surface area contributed by atoms with Crippen molar-refractivity contribution < 1.29 is 19.1 Å². The number of piperazine rings is 1. The van der Waals surface area contributed by atoms with Crippen molar-refractivity contribution >= 4 is 17.7 Å². The minimum absolute atomic E-state index is 0.0536. The van der Waals surface area contributed by atoms with Gasteiger partial charge in [-0.05, 0) is 30.5 Å². The van der Waals surface area contributed by atoms with Gasteiger partial charge in [0.25, 0.3) is 5.91 Å². The molecule has 2 N–H and O–H groups in total. The van der Waals surface area contributed by atoms with Crippen LogP contribution in [0.1, 0.15) is 37.0 Å². The highest BCUT2D eigenvalue weighted by Crippen LogP contribution is 2.26. The van der Waals surface area contributed by atoms with E-state index in [0.29, 0.717) is 24.3 Å². The zero-order valence-corrected chi connectivity index (χ0v) is 15.3. The molecular formula is C19H25N3O4. The Balaban J connectivity index is 1.68. The summed E-state index contributed by atoms with van der Waals surface area (Å²) in [5.41, 5.74) is 0.488. The number of methoxy groups -OCH3 is 1. The van der Waals surface area contributed by atoms with E-state index in [2.05, 4.69) is 10.6 Å². The molecule has 0 unspecified atom stereocenters. The molecule has 7 nitrogen and oxygen atoms in total. The van der Waals surface area contributed by atoms with E-state index in [9.17, 15) is 14.4 Å². The van der Waals surface area contributed by atoms with Crippen LogP contribution in [0.5, 0.6) is 5.75 Å². The number of fused-ring (bicyclic) bond motifs is 1. The van der Waals surface area contributed by atoms with Crippen LogP contribution in [0.2, 0.25) is 0 Å². The van der Waals surface area contributed by atoms with Gasteiger partial charge in [0.2, 0.25) is 11.8 Å². The summed E-state index contributed by atoms with van der Waals surface area (Å²) in [7, 11) is 1.55. The molecule has 3 rings (SSSR count). The van der Waals surface area contributed by atoms with Crippen molar-refractivity contribution in [3.05, 3.63) is 29.8 Å². The maximum Gasteiger partial charge on any atom is 0.251 e. The normalized spacial score (nSPS) is 26.1. The maximum absolute atomic E-state index is 12.7. The molecule has 0 aliphatic carbocycles. The largest absolute Gasteiger partial charge is 0.497 e. The Kier molecular flexibility index (Phi) is 5.15. The standard InChI is InChI=1S/C19H25N3O4/c1-4-11(2)16-19(25)22-10-13(9-15(22)18(24)21-16)20-17(23)12-6-5-7-14(8-12)26-3/h5-8,11,13,15-16H,4,9-10H2,1-3H3,(H,20,23)(H,21,24)/t11-,13-,15-,16-/m0/s1. The smallest absolute Gasteiger partial charge is 0.251 e. The predicted octanol–water partition coefficient (Wildman–Crippen LogP) is 0.939. The second-order valence-electron chi connectivity index (χ2n) is 7.02. The fourth-order valence-electron chi connectivity index (χ4n) is 3.58. The highest BCUT2D eigenvalue weighted by molar-refractivity contribution is 5.98. The van der Waals surface area contributed by atoms with E-state index in [1.54, 1.807) is 36.3 Å². The molecule has 26 heavy (non-hydrogen) atoms. The number of ether oxygens (including phenoxy) is 1. The van der Waals surface area contributed by atoms with Crippen LogP contribution < -0.4 is 15.4 Å². The highest BCUT2D eigenvalue weighted by Gasteiger charge is 2.47. The molecule has 0 spiro atoms. The summed E-state index contributed by atoms with van der Waals surface area (Å²) in [5, 5.41) is 5.78. The number of hydrogen-bond donors (Lipinski definition) is 2. The van der Waals surface area contributed by atoms with E-state index in [0.717, 1.165) is 6.42 Å². The molecule has 1 aromatic rings. The quantitative estimate of drug-likeness (QED) is 0.819. The van der Waals surface area contributed by atoms with Gasteiger partial charge in [-0.1, -0.05) is 26.3 Å². The van der Waals surface area contributed by atoms with Crippen molar-refractivity contribution in [3.8, 4) is 5.75 Å². The molecule has 1 aromatic carbocycles.